The number of nitrogens with zero attached hydrogens (tertiary/aromatic N) is 2. The Balaban J connectivity index is 1.38. The predicted molar refractivity (Wildman–Crippen MR) is 165 cm³/mol. The second-order valence-electron chi connectivity index (χ2n) is 10.3. The van der Waals surface area contributed by atoms with Gasteiger partial charge in [-0.15, -0.1) is 0 Å². The summed E-state index contributed by atoms with van der Waals surface area (Å²) in [6.07, 6.45) is 14.9. The van der Waals surface area contributed by atoms with Gasteiger partial charge in [0.25, 0.3) is 0 Å². The molecule has 1 aliphatic rings. The summed E-state index contributed by atoms with van der Waals surface area (Å²) >= 11 is 0. The third-order valence-corrected chi connectivity index (χ3v) is 7.10. The zero-order chi connectivity index (χ0) is 27.1. The topological polar surface area (TPSA) is 34.1 Å². The molecule has 0 bridgehead atoms. The SMILES string of the molecule is CCCCCCOc1ccc(/C=C/C2=NN(c3ccccc3)[C@H](c3ccc(OCCCCCC)cc3)C2)cc1. The lowest BCUT2D eigenvalue weighted by Crippen LogP contribution is -2.18. The molecule has 4 heteroatoms. The first-order valence-electron chi connectivity index (χ1n) is 14.8. The standard InChI is InChI=1S/C35H44N2O2/c1-3-5-7-12-26-38-33-22-17-29(18-23-33)16-21-31-28-35(37(36-31)32-14-10-9-11-15-32)30-19-24-34(25-20-30)39-27-13-8-6-4-2/h9-11,14-25,35H,3-8,12-13,26-28H2,1-2H3/b21-16+/t35-/m0/s1. The van der Waals surface area contributed by atoms with E-state index in [9.17, 15) is 0 Å². The van der Waals surface area contributed by atoms with Gasteiger partial charge < -0.3 is 9.47 Å². The lowest BCUT2D eigenvalue weighted by molar-refractivity contribution is 0.305. The highest BCUT2D eigenvalue weighted by Crippen LogP contribution is 2.36. The van der Waals surface area contributed by atoms with Crippen molar-refractivity contribution in [2.75, 3.05) is 18.2 Å². The molecule has 0 radical (unpaired) electrons. The van der Waals surface area contributed by atoms with E-state index in [1.165, 1.54) is 44.1 Å². The van der Waals surface area contributed by atoms with Crippen LogP contribution in [-0.4, -0.2) is 18.9 Å². The molecule has 0 fully saturated rings. The van der Waals surface area contributed by atoms with Gasteiger partial charge in [0.1, 0.15) is 11.5 Å². The highest BCUT2D eigenvalue weighted by atomic mass is 16.5. The minimum absolute atomic E-state index is 0.147. The number of allylic oxidation sites excluding steroid dienone is 1. The molecule has 3 aromatic rings. The molecule has 1 aliphatic heterocycles. The van der Waals surface area contributed by atoms with Crippen molar-refractivity contribution in [3.05, 3.63) is 96.1 Å². The summed E-state index contributed by atoms with van der Waals surface area (Å²) in [6.45, 7) is 6.03. The van der Waals surface area contributed by atoms with Crippen LogP contribution in [0.5, 0.6) is 11.5 Å². The van der Waals surface area contributed by atoms with Crippen LogP contribution >= 0.6 is 0 Å². The van der Waals surface area contributed by atoms with Crippen LogP contribution in [0, 0.1) is 0 Å². The van der Waals surface area contributed by atoms with Crippen molar-refractivity contribution < 1.29 is 9.47 Å². The van der Waals surface area contributed by atoms with E-state index >= 15 is 0 Å². The van der Waals surface area contributed by atoms with Crippen LogP contribution in [0.3, 0.4) is 0 Å². The van der Waals surface area contributed by atoms with Crippen molar-refractivity contribution in [3.8, 4) is 11.5 Å². The molecule has 0 saturated heterocycles. The van der Waals surface area contributed by atoms with E-state index in [-0.39, 0.29) is 6.04 Å². The van der Waals surface area contributed by atoms with E-state index in [0.29, 0.717) is 0 Å². The third-order valence-electron chi connectivity index (χ3n) is 7.10. The quantitative estimate of drug-likeness (QED) is 0.175. The van der Waals surface area contributed by atoms with Crippen LogP contribution in [0.25, 0.3) is 6.08 Å². The fraction of sp³-hybridized carbons (Fsp3) is 0.400. The van der Waals surface area contributed by atoms with Gasteiger partial charge in [0.15, 0.2) is 0 Å². The van der Waals surface area contributed by atoms with Gasteiger partial charge in [-0.25, -0.2) is 0 Å². The Labute approximate surface area is 235 Å². The van der Waals surface area contributed by atoms with Crippen molar-refractivity contribution >= 4 is 17.5 Å². The molecule has 1 heterocycles. The third kappa shape index (κ3) is 9.02. The fourth-order valence-corrected chi connectivity index (χ4v) is 4.80. The minimum Gasteiger partial charge on any atom is -0.494 e. The number of benzene rings is 3. The number of anilines is 1. The zero-order valence-corrected chi connectivity index (χ0v) is 23.7. The van der Waals surface area contributed by atoms with E-state index in [4.69, 9.17) is 14.6 Å². The van der Waals surface area contributed by atoms with E-state index < -0.39 is 0 Å². The van der Waals surface area contributed by atoms with Crippen molar-refractivity contribution in [2.45, 2.75) is 77.7 Å². The smallest absolute Gasteiger partial charge is 0.119 e. The maximum atomic E-state index is 5.97. The second-order valence-corrected chi connectivity index (χ2v) is 10.3. The number of hydrogen-bond donors (Lipinski definition) is 0. The van der Waals surface area contributed by atoms with Gasteiger partial charge in [0, 0.05) is 6.42 Å². The molecular weight excluding hydrogens is 480 g/mol. The van der Waals surface area contributed by atoms with Gasteiger partial charge in [0.05, 0.1) is 30.7 Å². The Morgan fingerprint density at radius 2 is 1.28 bits per heavy atom. The van der Waals surface area contributed by atoms with E-state index in [1.54, 1.807) is 0 Å². The van der Waals surface area contributed by atoms with Crippen LogP contribution in [0.4, 0.5) is 5.69 Å². The minimum atomic E-state index is 0.147. The Morgan fingerprint density at radius 1 is 0.692 bits per heavy atom. The Morgan fingerprint density at radius 3 is 1.87 bits per heavy atom. The molecule has 206 valence electrons. The molecule has 4 rings (SSSR count). The first-order chi connectivity index (χ1) is 19.3. The number of para-hydroxylation sites is 1. The Bertz CT molecular complexity index is 1150. The highest BCUT2D eigenvalue weighted by Gasteiger charge is 2.28. The number of ether oxygens (including phenoxy) is 2. The summed E-state index contributed by atoms with van der Waals surface area (Å²) in [6, 6.07) is 27.5. The van der Waals surface area contributed by atoms with Gasteiger partial charge in [-0.1, -0.05) is 101 Å². The molecule has 39 heavy (non-hydrogen) atoms. The molecule has 4 nitrogen and oxygen atoms in total. The highest BCUT2D eigenvalue weighted by molar-refractivity contribution is 6.01. The molecular formula is C35H44N2O2. The van der Waals surface area contributed by atoms with Crippen molar-refractivity contribution in [1.29, 1.82) is 0 Å². The number of hydrazone groups is 1. The zero-order valence-electron chi connectivity index (χ0n) is 23.7. The van der Waals surface area contributed by atoms with Crippen LogP contribution in [0.15, 0.2) is 90.0 Å². The molecule has 3 aromatic carbocycles. The fourth-order valence-electron chi connectivity index (χ4n) is 4.80. The predicted octanol–water partition coefficient (Wildman–Crippen LogP) is 9.63. The average Bonchev–Trinajstić information content (AvgIpc) is 3.42. The number of hydrogen-bond acceptors (Lipinski definition) is 4. The monoisotopic (exact) mass is 524 g/mol. The lowest BCUT2D eigenvalue weighted by Gasteiger charge is -2.24. The molecule has 0 saturated carbocycles. The number of unbranched alkanes of at least 4 members (excludes halogenated alkanes) is 6. The molecule has 0 aliphatic carbocycles. The Kier molecular flexibility index (Phi) is 11.5. The van der Waals surface area contributed by atoms with Crippen molar-refractivity contribution in [1.82, 2.24) is 0 Å². The lowest BCUT2D eigenvalue weighted by atomic mass is 10.0. The maximum absolute atomic E-state index is 5.97. The van der Waals surface area contributed by atoms with Gasteiger partial charge >= 0.3 is 0 Å². The van der Waals surface area contributed by atoms with Gasteiger partial charge in [0.2, 0.25) is 0 Å². The normalized spacial score (nSPS) is 15.1. The Hall–Kier alpha value is -3.53. The second kappa shape index (κ2) is 15.8. The van der Waals surface area contributed by atoms with Gasteiger partial charge in [-0.05, 0) is 66.4 Å². The van der Waals surface area contributed by atoms with E-state index in [0.717, 1.165) is 60.9 Å². The van der Waals surface area contributed by atoms with E-state index in [2.05, 4.69) is 104 Å². The summed E-state index contributed by atoms with van der Waals surface area (Å²) in [4.78, 5) is 0. The molecule has 0 amide bonds. The van der Waals surface area contributed by atoms with Gasteiger partial charge in [-0.2, -0.15) is 5.10 Å². The molecule has 0 N–H and O–H groups in total. The number of rotatable bonds is 16. The summed E-state index contributed by atoms with van der Waals surface area (Å²) in [5.41, 5.74) is 4.55. The summed E-state index contributed by atoms with van der Waals surface area (Å²) in [5, 5.41) is 7.17. The van der Waals surface area contributed by atoms with Gasteiger partial charge in [-0.3, -0.25) is 5.01 Å². The molecule has 0 unspecified atom stereocenters. The molecule has 0 aromatic heterocycles. The van der Waals surface area contributed by atoms with Crippen molar-refractivity contribution in [3.63, 3.8) is 0 Å². The van der Waals surface area contributed by atoms with Crippen LogP contribution in [0.2, 0.25) is 0 Å². The summed E-state index contributed by atoms with van der Waals surface area (Å²) < 4.78 is 11.9. The first kappa shape index (κ1) is 28.5. The first-order valence-corrected chi connectivity index (χ1v) is 14.8. The summed E-state index contributed by atoms with van der Waals surface area (Å²) in [5.74, 6) is 1.87. The van der Waals surface area contributed by atoms with Crippen LogP contribution in [0.1, 0.15) is 88.8 Å². The van der Waals surface area contributed by atoms with E-state index in [1.807, 2.05) is 6.07 Å². The van der Waals surface area contributed by atoms with Crippen LogP contribution in [-0.2, 0) is 0 Å². The largest absolute Gasteiger partial charge is 0.494 e. The maximum Gasteiger partial charge on any atom is 0.119 e. The van der Waals surface area contributed by atoms with Crippen molar-refractivity contribution in [2.24, 2.45) is 5.10 Å². The average molecular weight is 525 g/mol. The summed E-state index contributed by atoms with van der Waals surface area (Å²) in [7, 11) is 0. The molecule has 0 spiro atoms. The molecule has 1 atom stereocenters. The van der Waals surface area contributed by atoms with Crippen LogP contribution < -0.4 is 14.5 Å².